The normalized spacial score (nSPS) is 14.0. The topological polar surface area (TPSA) is 71.0 Å². The van der Waals surface area contributed by atoms with Gasteiger partial charge < -0.3 is 10.2 Å². The quantitative estimate of drug-likeness (QED) is 0.889. The van der Waals surface area contributed by atoms with E-state index in [0.29, 0.717) is 12.2 Å². The van der Waals surface area contributed by atoms with Crippen molar-refractivity contribution in [1.29, 1.82) is 0 Å². The van der Waals surface area contributed by atoms with Gasteiger partial charge in [-0.15, -0.1) is 0 Å². The van der Waals surface area contributed by atoms with E-state index in [-0.39, 0.29) is 11.3 Å². The molecule has 0 atom stereocenters. The highest BCUT2D eigenvalue weighted by Gasteiger charge is 2.22. The minimum Gasteiger partial charge on any atom is -0.364 e. The number of pyridine rings is 1. The Morgan fingerprint density at radius 1 is 1.22 bits per heavy atom. The highest BCUT2D eigenvalue weighted by Crippen LogP contribution is 2.31. The number of carbonyl (C=O) groups excluding carboxylic acids is 1. The molecule has 0 saturated heterocycles. The van der Waals surface area contributed by atoms with E-state index in [0.717, 1.165) is 54.3 Å². The fourth-order valence-corrected chi connectivity index (χ4v) is 3.30. The second-order valence-electron chi connectivity index (χ2n) is 8.58. The molecule has 0 spiro atoms. The van der Waals surface area contributed by atoms with E-state index < -0.39 is 0 Å². The molecule has 0 bridgehead atoms. The summed E-state index contributed by atoms with van der Waals surface area (Å²) in [6.07, 6.45) is 6.08. The number of hydrogen-bond acceptors (Lipinski definition) is 5. The molecule has 0 fully saturated rings. The minimum atomic E-state index is -0.0436. The lowest BCUT2D eigenvalue weighted by Crippen LogP contribution is -2.30. The molecule has 6 nitrogen and oxygen atoms in total. The summed E-state index contributed by atoms with van der Waals surface area (Å²) in [6, 6.07) is 2.13. The summed E-state index contributed by atoms with van der Waals surface area (Å²) in [7, 11) is 0. The Bertz CT molecular complexity index is 824. The average molecular weight is 367 g/mol. The zero-order valence-corrected chi connectivity index (χ0v) is 17.0. The van der Waals surface area contributed by atoms with Gasteiger partial charge in [0, 0.05) is 19.2 Å². The molecule has 3 heterocycles. The Labute approximate surface area is 161 Å². The molecule has 0 saturated carbocycles. The van der Waals surface area contributed by atoms with Crippen molar-refractivity contribution in [2.45, 2.75) is 60.4 Å². The third-order valence-corrected chi connectivity index (χ3v) is 4.59. The summed E-state index contributed by atoms with van der Waals surface area (Å²) in [5.41, 5.74) is 4.99. The maximum Gasteiger partial charge on any atom is 0.226 e. The number of fused-ring (bicyclic) bond motifs is 1. The predicted molar refractivity (Wildman–Crippen MR) is 108 cm³/mol. The molecule has 0 radical (unpaired) electrons. The molecule has 6 heteroatoms. The van der Waals surface area contributed by atoms with Gasteiger partial charge in [-0.2, -0.15) is 0 Å². The third-order valence-electron chi connectivity index (χ3n) is 4.59. The van der Waals surface area contributed by atoms with Crippen LogP contribution in [0.2, 0.25) is 0 Å². The van der Waals surface area contributed by atoms with E-state index in [4.69, 9.17) is 4.98 Å². The average Bonchev–Trinajstić information content (AvgIpc) is 2.56. The molecular formula is C21H29N5O. The molecule has 1 amide bonds. The lowest BCUT2D eigenvalue weighted by molar-refractivity contribution is -0.117. The number of carbonyl (C=O) groups is 1. The van der Waals surface area contributed by atoms with E-state index in [1.807, 2.05) is 20.0 Å². The fourth-order valence-electron chi connectivity index (χ4n) is 3.30. The first kappa shape index (κ1) is 19.3. The van der Waals surface area contributed by atoms with Crippen LogP contribution in [0.3, 0.4) is 0 Å². The van der Waals surface area contributed by atoms with Gasteiger partial charge in [-0.1, -0.05) is 20.8 Å². The molecule has 1 N–H and O–H groups in total. The number of nitrogens with one attached hydrogen (secondary N) is 1. The van der Waals surface area contributed by atoms with Crippen molar-refractivity contribution in [3.63, 3.8) is 0 Å². The van der Waals surface area contributed by atoms with E-state index in [1.54, 1.807) is 6.20 Å². The van der Waals surface area contributed by atoms with E-state index in [9.17, 15) is 4.79 Å². The highest BCUT2D eigenvalue weighted by atomic mass is 16.1. The van der Waals surface area contributed by atoms with E-state index >= 15 is 0 Å². The molecule has 2 aromatic rings. The predicted octanol–water partition coefficient (Wildman–Crippen LogP) is 3.82. The van der Waals surface area contributed by atoms with Crippen LogP contribution in [0.15, 0.2) is 18.5 Å². The largest absolute Gasteiger partial charge is 0.364 e. The number of aryl methyl sites for hydroxylation is 3. The van der Waals surface area contributed by atoms with Gasteiger partial charge in [-0.3, -0.25) is 14.8 Å². The summed E-state index contributed by atoms with van der Waals surface area (Å²) in [5.74, 6) is 0.695. The second-order valence-corrected chi connectivity index (χ2v) is 8.58. The fraction of sp³-hybridized carbons (Fsp3) is 0.524. The van der Waals surface area contributed by atoms with Crippen LogP contribution in [0.1, 0.15) is 56.3 Å². The third kappa shape index (κ3) is 5.02. The monoisotopic (exact) mass is 367 g/mol. The van der Waals surface area contributed by atoms with Crippen LogP contribution < -0.4 is 10.2 Å². The van der Waals surface area contributed by atoms with Gasteiger partial charge in [0.2, 0.25) is 5.91 Å². The van der Waals surface area contributed by atoms with Crippen molar-refractivity contribution >= 4 is 17.4 Å². The summed E-state index contributed by atoms with van der Waals surface area (Å²) in [4.78, 5) is 28.2. The van der Waals surface area contributed by atoms with E-state index in [2.05, 4.69) is 47.0 Å². The Hall–Kier alpha value is -2.50. The summed E-state index contributed by atoms with van der Waals surface area (Å²) >= 11 is 0. The lowest BCUT2D eigenvalue weighted by Gasteiger charge is -2.31. The van der Waals surface area contributed by atoms with Crippen LogP contribution in [-0.4, -0.2) is 27.4 Å². The SMILES string of the molecule is Cc1cnc(CN2CCCc3nc(NC(=O)CC(C)(C)C)c(C)cc32)cn1. The molecular weight excluding hydrogens is 338 g/mol. The van der Waals surface area contributed by atoms with Gasteiger partial charge in [0.05, 0.1) is 35.5 Å². The number of hydrogen-bond donors (Lipinski definition) is 1. The van der Waals surface area contributed by atoms with Gasteiger partial charge in [0.15, 0.2) is 0 Å². The van der Waals surface area contributed by atoms with E-state index in [1.165, 1.54) is 0 Å². The van der Waals surface area contributed by atoms with Crippen LogP contribution in [0.5, 0.6) is 0 Å². The summed E-state index contributed by atoms with van der Waals surface area (Å²) in [6.45, 7) is 11.8. The number of nitrogens with zero attached hydrogens (tertiary/aromatic N) is 4. The van der Waals surface area contributed by atoms with Crippen LogP contribution >= 0.6 is 0 Å². The Balaban J connectivity index is 1.79. The zero-order chi connectivity index (χ0) is 19.6. The van der Waals surface area contributed by atoms with Crippen LogP contribution in [-0.2, 0) is 17.8 Å². The van der Waals surface area contributed by atoms with Gasteiger partial charge >= 0.3 is 0 Å². The first-order chi connectivity index (χ1) is 12.7. The standard InChI is InChI=1S/C21H29N5O/c1-14-9-18-17(24-20(14)25-19(27)10-21(3,4)5)7-6-8-26(18)13-16-12-22-15(2)11-23-16/h9,11-12H,6-8,10,13H2,1-5H3,(H,24,25,27). The molecule has 27 heavy (non-hydrogen) atoms. The molecule has 144 valence electrons. The number of aromatic nitrogens is 3. The van der Waals surface area contributed by atoms with Gasteiger partial charge in [0.1, 0.15) is 5.82 Å². The van der Waals surface area contributed by atoms with Crippen LogP contribution in [0.4, 0.5) is 11.5 Å². The first-order valence-electron chi connectivity index (χ1n) is 9.54. The van der Waals surface area contributed by atoms with Gasteiger partial charge in [-0.25, -0.2) is 4.98 Å². The number of anilines is 2. The Morgan fingerprint density at radius 3 is 2.67 bits per heavy atom. The van der Waals surface area contributed by atoms with Gasteiger partial charge in [0.25, 0.3) is 0 Å². The summed E-state index contributed by atoms with van der Waals surface area (Å²) < 4.78 is 0. The first-order valence-corrected chi connectivity index (χ1v) is 9.54. The molecule has 1 aliphatic rings. The smallest absolute Gasteiger partial charge is 0.226 e. The van der Waals surface area contributed by atoms with Crippen molar-refractivity contribution < 1.29 is 4.79 Å². The van der Waals surface area contributed by atoms with Crippen LogP contribution in [0.25, 0.3) is 0 Å². The molecule has 0 unspecified atom stereocenters. The van der Waals surface area contributed by atoms with Crippen molar-refractivity contribution in [2.24, 2.45) is 5.41 Å². The summed E-state index contributed by atoms with van der Waals surface area (Å²) in [5, 5.41) is 3.00. The van der Waals surface area contributed by atoms with Crippen LogP contribution in [0, 0.1) is 19.3 Å². The Morgan fingerprint density at radius 2 is 2.00 bits per heavy atom. The molecule has 0 aliphatic carbocycles. The lowest BCUT2D eigenvalue weighted by atomic mass is 9.92. The highest BCUT2D eigenvalue weighted by molar-refractivity contribution is 5.91. The van der Waals surface area contributed by atoms with Crippen molar-refractivity contribution in [2.75, 3.05) is 16.8 Å². The molecule has 3 rings (SSSR count). The van der Waals surface area contributed by atoms with Gasteiger partial charge in [-0.05, 0) is 43.7 Å². The second kappa shape index (κ2) is 7.62. The molecule has 2 aromatic heterocycles. The maximum absolute atomic E-state index is 12.3. The van der Waals surface area contributed by atoms with Crippen molar-refractivity contribution in [3.8, 4) is 0 Å². The molecule has 1 aliphatic heterocycles. The van der Waals surface area contributed by atoms with Crippen molar-refractivity contribution in [3.05, 3.63) is 41.1 Å². The minimum absolute atomic E-state index is 0.0145. The van der Waals surface area contributed by atoms with Crippen molar-refractivity contribution in [1.82, 2.24) is 15.0 Å². The number of rotatable bonds is 4. The Kier molecular flexibility index (Phi) is 5.44. The zero-order valence-electron chi connectivity index (χ0n) is 17.0. The maximum atomic E-state index is 12.3. The molecule has 0 aromatic carbocycles. The number of amides is 1.